The monoisotopic (exact) mass is 198 g/mol. The predicted molar refractivity (Wildman–Crippen MR) is 52.8 cm³/mol. The summed E-state index contributed by atoms with van der Waals surface area (Å²) in [4.78, 5) is 13.7. The maximum atomic E-state index is 11.5. The summed E-state index contributed by atoms with van der Waals surface area (Å²) in [5, 5.41) is 12.1. The molecule has 14 heavy (non-hydrogen) atoms. The molecule has 2 fully saturated rings. The Bertz CT molecular complexity index is 249. The van der Waals surface area contributed by atoms with E-state index in [2.05, 4.69) is 24.1 Å². The van der Waals surface area contributed by atoms with Crippen molar-refractivity contribution in [3.05, 3.63) is 0 Å². The van der Waals surface area contributed by atoms with Gasteiger partial charge in [0.2, 0.25) is 5.91 Å². The van der Waals surface area contributed by atoms with Crippen molar-refractivity contribution in [2.24, 2.45) is 0 Å². The molecule has 2 aliphatic rings. The Morgan fingerprint density at radius 1 is 1.57 bits per heavy atom. The second-order valence-corrected chi connectivity index (χ2v) is 4.87. The zero-order valence-corrected chi connectivity index (χ0v) is 8.79. The minimum Gasteiger partial charge on any atom is -0.394 e. The quantitative estimate of drug-likeness (QED) is 0.641. The van der Waals surface area contributed by atoms with Gasteiger partial charge in [-0.05, 0) is 26.7 Å². The summed E-state index contributed by atoms with van der Waals surface area (Å²) < 4.78 is 0. The number of nitrogens with one attached hydrogen (secondary N) is 1. The maximum absolute atomic E-state index is 11.5. The number of amides is 1. The van der Waals surface area contributed by atoms with E-state index in [-0.39, 0.29) is 24.1 Å². The Morgan fingerprint density at radius 2 is 2.21 bits per heavy atom. The van der Waals surface area contributed by atoms with Crippen LogP contribution in [0.1, 0.15) is 26.7 Å². The van der Waals surface area contributed by atoms with Crippen LogP contribution in [0.3, 0.4) is 0 Å². The van der Waals surface area contributed by atoms with E-state index < -0.39 is 0 Å². The Hall–Kier alpha value is -0.610. The highest BCUT2D eigenvalue weighted by Crippen LogP contribution is 2.36. The summed E-state index contributed by atoms with van der Waals surface area (Å²) in [6.07, 6.45) is 2.32. The van der Waals surface area contributed by atoms with Crippen LogP contribution in [-0.4, -0.2) is 46.7 Å². The zero-order chi connectivity index (χ0) is 10.3. The molecule has 1 saturated carbocycles. The normalized spacial score (nSPS) is 32.8. The molecule has 0 bridgehead atoms. The molecule has 0 aromatic heterocycles. The number of aliphatic hydroxyl groups is 1. The average Bonchev–Trinajstić information content (AvgIpc) is 2.91. The first-order valence-electron chi connectivity index (χ1n) is 5.23. The highest BCUT2D eigenvalue weighted by molar-refractivity contribution is 5.83. The van der Waals surface area contributed by atoms with E-state index in [0.717, 1.165) is 12.8 Å². The Labute approximate surface area is 84.3 Å². The lowest BCUT2D eigenvalue weighted by molar-refractivity contribution is -0.137. The summed E-state index contributed by atoms with van der Waals surface area (Å²) >= 11 is 0. The van der Waals surface area contributed by atoms with Crippen LogP contribution in [0.4, 0.5) is 0 Å². The summed E-state index contributed by atoms with van der Waals surface area (Å²) in [5.74, 6) is -0.0290. The number of piperazine rings is 1. The predicted octanol–water partition coefficient (Wildman–Crippen LogP) is -0.280. The van der Waals surface area contributed by atoms with Crippen molar-refractivity contribution in [2.75, 3.05) is 13.2 Å². The third kappa shape index (κ3) is 1.53. The maximum Gasteiger partial charge on any atom is 0.239 e. The van der Waals surface area contributed by atoms with Gasteiger partial charge in [0.1, 0.15) is 6.04 Å². The number of carbonyl (C=O) groups excluding carboxylic acids is 1. The second kappa shape index (κ2) is 3.21. The number of rotatable bonds is 2. The van der Waals surface area contributed by atoms with Crippen molar-refractivity contribution in [1.82, 2.24) is 10.2 Å². The molecular formula is C10H18N2O2. The lowest BCUT2D eigenvalue weighted by atomic mass is 9.95. The van der Waals surface area contributed by atoms with Gasteiger partial charge >= 0.3 is 0 Å². The lowest BCUT2D eigenvalue weighted by Gasteiger charge is -2.46. The highest BCUT2D eigenvalue weighted by Gasteiger charge is 2.47. The van der Waals surface area contributed by atoms with E-state index >= 15 is 0 Å². The largest absolute Gasteiger partial charge is 0.394 e. The highest BCUT2D eigenvalue weighted by atomic mass is 16.3. The molecule has 1 aliphatic heterocycles. The molecule has 0 aromatic carbocycles. The first kappa shape index (κ1) is 9.93. The second-order valence-electron chi connectivity index (χ2n) is 4.87. The number of nitrogens with zero attached hydrogens (tertiary/aromatic N) is 1. The lowest BCUT2D eigenvalue weighted by Crippen LogP contribution is -2.67. The molecule has 80 valence electrons. The Morgan fingerprint density at radius 3 is 2.71 bits per heavy atom. The zero-order valence-electron chi connectivity index (χ0n) is 8.79. The van der Waals surface area contributed by atoms with Gasteiger partial charge in [0.05, 0.1) is 6.61 Å². The minimum absolute atomic E-state index is 0.0253. The van der Waals surface area contributed by atoms with Crippen LogP contribution < -0.4 is 5.32 Å². The molecule has 1 atom stereocenters. The third-order valence-electron chi connectivity index (χ3n) is 3.15. The first-order chi connectivity index (χ1) is 6.56. The van der Waals surface area contributed by atoms with Crippen molar-refractivity contribution in [1.29, 1.82) is 0 Å². The Balaban J connectivity index is 2.21. The average molecular weight is 198 g/mol. The minimum atomic E-state index is -0.341. The number of hydrogen-bond donors (Lipinski definition) is 2. The smallest absolute Gasteiger partial charge is 0.239 e. The first-order valence-corrected chi connectivity index (χ1v) is 5.23. The van der Waals surface area contributed by atoms with Crippen LogP contribution in [0.2, 0.25) is 0 Å². The summed E-state index contributed by atoms with van der Waals surface area (Å²) in [6.45, 7) is 4.84. The molecule has 1 saturated heterocycles. The fourth-order valence-corrected chi connectivity index (χ4v) is 2.33. The van der Waals surface area contributed by atoms with Crippen molar-refractivity contribution in [2.45, 2.75) is 44.3 Å². The van der Waals surface area contributed by atoms with Crippen molar-refractivity contribution in [3.8, 4) is 0 Å². The van der Waals surface area contributed by atoms with E-state index in [1.165, 1.54) is 0 Å². The van der Waals surface area contributed by atoms with Crippen molar-refractivity contribution < 1.29 is 9.90 Å². The van der Waals surface area contributed by atoms with Gasteiger partial charge in [0.15, 0.2) is 0 Å². The molecule has 1 unspecified atom stereocenters. The van der Waals surface area contributed by atoms with E-state index in [1.807, 2.05) is 0 Å². The fourth-order valence-electron chi connectivity index (χ4n) is 2.33. The van der Waals surface area contributed by atoms with Gasteiger partial charge in [-0.15, -0.1) is 0 Å². The van der Waals surface area contributed by atoms with Crippen LogP contribution in [0.5, 0.6) is 0 Å². The van der Waals surface area contributed by atoms with E-state index in [1.54, 1.807) is 0 Å². The van der Waals surface area contributed by atoms with Crippen LogP contribution in [0, 0.1) is 0 Å². The SMILES string of the molecule is CC1(C)CNC(=O)C(CO)N1C1CC1. The topological polar surface area (TPSA) is 52.6 Å². The van der Waals surface area contributed by atoms with Crippen LogP contribution in [0.15, 0.2) is 0 Å². The van der Waals surface area contributed by atoms with Gasteiger partial charge in [0.25, 0.3) is 0 Å². The van der Waals surface area contributed by atoms with E-state index in [9.17, 15) is 9.90 Å². The third-order valence-corrected chi connectivity index (χ3v) is 3.15. The number of hydrogen-bond acceptors (Lipinski definition) is 3. The molecule has 1 heterocycles. The molecular weight excluding hydrogens is 180 g/mol. The van der Waals surface area contributed by atoms with Gasteiger partial charge in [-0.1, -0.05) is 0 Å². The molecule has 1 amide bonds. The van der Waals surface area contributed by atoms with Crippen molar-refractivity contribution in [3.63, 3.8) is 0 Å². The molecule has 2 N–H and O–H groups in total. The molecule has 0 radical (unpaired) electrons. The molecule has 4 nitrogen and oxygen atoms in total. The van der Waals surface area contributed by atoms with Crippen LogP contribution in [-0.2, 0) is 4.79 Å². The fraction of sp³-hybridized carbons (Fsp3) is 0.900. The van der Waals surface area contributed by atoms with Gasteiger partial charge in [0, 0.05) is 18.1 Å². The summed E-state index contributed by atoms with van der Waals surface area (Å²) in [7, 11) is 0. The number of aliphatic hydroxyl groups excluding tert-OH is 1. The summed E-state index contributed by atoms with van der Waals surface area (Å²) in [6, 6.07) is 0.166. The van der Waals surface area contributed by atoms with E-state index in [4.69, 9.17) is 0 Å². The van der Waals surface area contributed by atoms with Crippen LogP contribution >= 0.6 is 0 Å². The standard InChI is InChI=1S/C10H18N2O2/c1-10(2)6-11-9(14)8(5-13)12(10)7-3-4-7/h7-8,13H,3-6H2,1-2H3,(H,11,14). The number of carbonyl (C=O) groups is 1. The Kier molecular flexibility index (Phi) is 2.27. The van der Waals surface area contributed by atoms with E-state index in [0.29, 0.717) is 12.6 Å². The molecule has 2 rings (SSSR count). The van der Waals surface area contributed by atoms with Gasteiger partial charge in [-0.2, -0.15) is 0 Å². The van der Waals surface area contributed by atoms with Gasteiger partial charge in [-0.3, -0.25) is 9.69 Å². The summed E-state index contributed by atoms with van der Waals surface area (Å²) in [5.41, 5.74) is -0.0253. The van der Waals surface area contributed by atoms with Crippen LogP contribution in [0.25, 0.3) is 0 Å². The van der Waals surface area contributed by atoms with Gasteiger partial charge in [-0.25, -0.2) is 0 Å². The molecule has 1 aliphatic carbocycles. The van der Waals surface area contributed by atoms with Crippen molar-refractivity contribution >= 4 is 5.91 Å². The molecule has 4 heteroatoms. The molecule has 0 spiro atoms. The molecule has 0 aromatic rings. The van der Waals surface area contributed by atoms with Gasteiger partial charge < -0.3 is 10.4 Å².